The van der Waals surface area contributed by atoms with Gasteiger partial charge in [-0.05, 0) is 5.56 Å². The number of hydrogen-bond acceptors (Lipinski definition) is 3. The van der Waals surface area contributed by atoms with Crippen molar-refractivity contribution < 1.29 is 9.53 Å². The average molecular weight is 264 g/mol. The monoisotopic (exact) mass is 264 g/mol. The number of rotatable bonds is 3. The van der Waals surface area contributed by atoms with Crippen LogP contribution in [-0.2, 0) is 9.53 Å². The van der Waals surface area contributed by atoms with E-state index in [0.29, 0.717) is 0 Å². The Balaban J connectivity index is 0.000000861. The maximum absolute atomic E-state index is 11.3. The van der Waals surface area contributed by atoms with E-state index >= 15 is 0 Å². The summed E-state index contributed by atoms with van der Waals surface area (Å²) in [5.74, 6) is -0.00894. The quantitative estimate of drug-likeness (QED) is 0.910. The standard InChI is InChI=1S/C13H18N2O2.C2H6/c1-11(16)14-13(12-5-3-2-4-6-12)15-7-9-17-10-8-15;1-2/h2-6,13H,7-10H2,1H3,(H,14,16);1-2H3. The molecule has 1 unspecified atom stereocenters. The SMILES string of the molecule is CC.CC(=O)NC(c1ccccc1)N1CCOCC1. The fraction of sp³-hybridized carbons (Fsp3) is 0.533. The summed E-state index contributed by atoms with van der Waals surface area (Å²) in [6.07, 6.45) is -0.0439. The number of nitrogens with zero attached hydrogens (tertiary/aromatic N) is 1. The number of hydrogen-bond donors (Lipinski definition) is 1. The maximum Gasteiger partial charge on any atom is 0.218 e. The zero-order valence-corrected chi connectivity index (χ0v) is 12.1. The number of amides is 1. The van der Waals surface area contributed by atoms with Crippen molar-refractivity contribution in [3.8, 4) is 0 Å². The Morgan fingerprint density at radius 2 is 1.79 bits per heavy atom. The van der Waals surface area contributed by atoms with Gasteiger partial charge in [0.25, 0.3) is 0 Å². The van der Waals surface area contributed by atoms with Crippen molar-refractivity contribution in [2.45, 2.75) is 26.9 Å². The van der Waals surface area contributed by atoms with Crippen LogP contribution in [-0.4, -0.2) is 37.1 Å². The fourth-order valence-electron chi connectivity index (χ4n) is 2.05. The Morgan fingerprint density at radius 1 is 1.21 bits per heavy atom. The van der Waals surface area contributed by atoms with Crippen LogP contribution in [0.4, 0.5) is 0 Å². The molecule has 1 aliphatic rings. The van der Waals surface area contributed by atoms with E-state index in [1.165, 1.54) is 0 Å². The molecule has 0 radical (unpaired) electrons. The average Bonchev–Trinajstić information content (AvgIpc) is 2.48. The van der Waals surface area contributed by atoms with Gasteiger partial charge in [-0.15, -0.1) is 0 Å². The maximum atomic E-state index is 11.3. The number of morpholine rings is 1. The molecule has 1 fully saturated rings. The molecule has 1 saturated heterocycles. The van der Waals surface area contributed by atoms with Gasteiger partial charge in [0.2, 0.25) is 5.91 Å². The van der Waals surface area contributed by atoms with Crippen LogP contribution in [0.25, 0.3) is 0 Å². The van der Waals surface area contributed by atoms with E-state index in [2.05, 4.69) is 10.2 Å². The molecular weight excluding hydrogens is 240 g/mol. The molecule has 1 heterocycles. The molecule has 19 heavy (non-hydrogen) atoms. The van der Waals surface area contributed by atoms with E-state index in [-0.39, 0.29) is 12.1 Å². The van der Waals surface area contributed by atoms with Gasteiger partial charge in [0.15, 0.2) is 0 Å². The lowest BCUT2D eigenvalue weighted by Gasteiger charge is -2.34. The van der Waals surface area contributed by atoms with Gasteiger partial charge >= 0.3 is 0 Å². The molecule has 0 aliphatic carbocycles. The second kappa shape index (κ2) is 8.67. The molecule has 1 amide bonds. The molecule has 1 aromatic rings. The molecule has 106 valence electrons. The normalized spacial score (nSPS) is 17.0. The second-order valence-electron chi connectivity index (χ2n) is 4.16. The highest BCUT2D eigenvalue weighted by Crippen LogP contribution is 2.18. The van der Waals surface area contributed by atoms with Gasteiger partial charge < -0.3 is 10.1 Å². The van der Waals surface area contributed by atoms with Crippen molar-refractivity contribution in [3.05, 3.63) is 35.9 Å². The van der Waals surface area contributed by atoms with Crippen LogP contribution in [0.5, 0.6) is 0 Å². The highest BCUT2D eigenvalue weighted by atomic mass is 16.5. The summed E-state index contributed by atoms with van der Waals surface area (Å²) in [4.78, 5) is 13.5. The van der Waals surface area contributed by atoms with E-state index in [9.17, 15) is 4.79 Å². The first-order chi connectivity index (χ1) is 9.27. The molecule has 0 spiro atoms. The first-order valence-corrected chi connectivity index (χ1v) is 6.91. The first-order valence-electron chi connectivity index (χ1n) is 6.91. The van der Waals surface area contributed by atoms with E-state index in [4.69, 9.17) is 4.74 Å². The van der Waals surface area contributed by atoms with Crippen LogP contribution in [0.2, 0.25) is 0 Å². The molecule has 4 nitrogen and oxygen atoms in total. The summed E-state index contributed by atoms with van der Waals surface area (Å²) in [5.41, 5.74) is 1.12. The van der Waals surface area contributed by atoms with Crippen molar-refractivity contribution in [3.63, 3.8) is 0 Å². The molecule has 4 heteroatoms. The number of ether oxygens (including phenoxy) is 1. The van der Waals surface area contributed by atoms with E-state index in [1.807, 2.05) is 44.2 Å². The fourth-order valence-corrected chi connectivity index (χ4v) is 2.05. The third-order valence-corrected chi connectivity index (χ3v) is 2.87. The third-order valence-electron chi connectivity index (χ3n) is 2.87. The summed E-state index contributed by atoms with van der Waals surface area (Å²) in [7, 11) is 0. The summed E-state index contributed by atoms with van der Waals surface area (Å²) in [5, 5.41) is 3.00. The van der Waals surface area contributed by atoms with Crippen molar-refractivity contribution >= 4 is 5.91 Å². The van der Waals surface area contributed by atoms with Crippen LogP contribution in [0.1, 0.15) is 32.5 Å². The number of benzene rings is 1. The molecular formula is C15H24N2O2. The predicted octanol–water partition coefficient (Wildman–Crippen LogP) is 2.18. The van der Waals surface area contributed by atoms with Crippen molar-refractivity contribution in [2.24, 2.45) is 0 Å². The number of carbonyl (C=O) groups is 1. The zero-order valence-electron chi connectivity index (χ0n) is 12.1. The Labute approximate surface area is 115 Å². The third kappa shape index (κ3) is 5.01. The van der Waals surface area contributed by atoms with Crippen LogP contribution in [0, 0.1) is 0 Å². The summed E-state index contributed by atoms with van der Waals surface area (Å²) >= 11 is 0. The highest BCUT2D eigenvalue weighted by molar-refractivity contribution is 5.73. The molecule has 0 aromatic heterocycles. The van der Waals surface area contributed by atoms with Crippen LogP contribution >= 0.6 is 0 Å². The Kier molecular flexibility index (Phi) is 7.15. The Bertz CT molecular complexity index is 362. The van der Waals surface area contributed by atoms with E-state index in [1.54, 1.807) is 6.92 Å². The lowest BCUT2D eigenvalue weighted by Crippen LogP contribution is -2.46. The van der Waals surface area contributed by atoms with Gasteiger partial charge in [0.05, 0.1) is 13.2 Å². The highest BCUT2D eigenvalue weighted by Gasteiger charge is 2.22. The van der Waals surface area contributed by atoms with Gasteiger partial charge in [-0.25, -0.2) is 0 Å². The Morgan fingerprint density at radius 3 is 2.32 bits per heavy atom. The second-order valence-corrected chi connectivity index (χ2v) is 4.16. The minimum atomic E-state index is -0.0439. The van der Waals surface area contributed by atoms with Crippen molar-refractivity contribution in [2.75, 3.05) is 26.3 Å². The lowest BCUT2D eigenvalue weighted by molar-refractivity contribution is -0.121. The lowest BCUT2D eigenvalue weighted by atomic mass is 10.1. The summed E-state index contributed by atoms with van der Waals surface area (Å²) < 4.78 is 5.34. The molecule has 0 saturated carbocycles. The smallest absolute Gasteiger partial charge is 0.218 e. The molecule has 1 aromatic carbocycles. The predicted molar refractivity (Wildman–Crippen MR) is 76.7 cm³/mol. The van der Waals surface area contributed by atoms with Crippen LogP contribution < -0.4 is 5.32 Å². The summed E-state index contributed by atoms with van der Waals surface area (Å²) in [6.45, 7) is 8.70. The van der Waals surface area contributed by atoms with Gasteiger partial charge in [0.1, 0.15) is 6.17 Å². The van der Waals surface area contributed by atoms with Gasteiger partial charge in [-0.1, -0.05) is 44.2 Å². The topological polar surface area (TPSA) is 41.6 Å². The van der Waals surface area contributed by atoms with Gasteiger partial charge in [0, 0.05) is 20.0 Å². The largest absolute Gasteiger partial charge is 0.379 e. The van der Waals surface area contributed by atoms with E-state index in [0.717, 1.165) is 31.9 Å². The van der Waals surface area contributed by atoms with Gasteiger partial charge in [-0.3, -0.25) is 9.69 Å². The minimum Gasteiger partial charge on any atom is -0.379 e. The van der Waals surface area contributed by atoms with Crippen LogP contribution in [0.15, 0.2) is 30.3 Å². The molecule has 2 rings (SSSR count). The number of nitrogens with one attached hydrogen (secondary N) is 1. The first kappa shape index (κ1) is 15.7. The van der Waals surface area contributed by atoms with Crippen molar-refractivity contribution in [1.29, 1.82) is 0 Å². The van der Waals surface area contributed by atoms with E-state index < -0.39 is 0 Å². The Hall–Kier alpha value is -1.39. The van der Waals surface area contributed by atoms with Crippen molar-refractivity contribution in [1.82, 2.24) is 10.2 Å². The molecule has 1 aliphatic heterocycles. The number of carbonyl (C=O) groups excluding carboxylic acids is 1. The minimum absolute atomic E-state index is 0.00894. The van der Waals surface area contributed by atoms with Crippen LogP contribution in [0.3, 0.4) is 0 Å². The molecule has 0 bridgehead atoms. The van der Waals surface area contributed by atoms with Gasteiger partial charge in [-0.2, -0.15) is 0 Å². The summed E-state index contributed by atoms with van der Waals surface area (Å²) in [6, 6.07) is 10.0. The molecule has 1 atom stereocenters. The molecule has 1 N–H and O–H groups in total. The zero-order chi connectivity index (χ0) is 14.1.